The van der Waals surface area contributed by atoms with Crippen molar-refractivity contribution in [1.29, 1.82) is 0 Å². The lowest BCUT2D eigenvalue weighted by Gasteiger charge is -2.18. The minimum atomic E-state index is -0.0348. The Balaban J connectivity index is 2.19. The fourth-order valence-electron chi connectivity index (χ4n) is 1.79. The van der Waals surface area contributed by atoms with E-state index in [1.807, 2.05) is 19.1 Å². The third-order valence-corrected chi connectivity index (χ3v) is 4.17. The second-order valence-corrected chi connectivity index (χ2v) is 5.38. The molecule has 6 heteroatoms. The van der Waals surface area contributed by atoms with Crippen LogP contribution in [0.3, 0.4) is 0 Å². The molecule has 0 saturated carbocycles. The molecule has 2 rings (SSSR count). The number of anilines is 1. The average molecular weight is 332 g/mol. The van der Waals surface area contributed by atoms with Crippen LogP contribution in [0.25, 0.3) is 0 Å². The monoisotopic (exact) mass is 330 g/mol. The van der Waals surface area contributed by atoms with Gasteiger partial charge < -0.3 is 10.1 Å². The second-order valence-electron chi connectivity index (χ2n) is 4.22. The third kappa shape index (κ3) is 3.29. The van der Waals surface area contributed by atoms with Gasteiger partial charge in [-0.25, -0.2) is 4.98 Å². The first-order valence-corrected chi connectivity index (χ1v) is 7.06. The van der Waals surface area contributed by atoms with Gasteiger partial charge in [-0.1, -0.05) is 40.9 Å². The number of benzene rings is 1. The summed E-state index contributed by atoms with van der Waals surface area (Å²) >= 11 is 18.2. The van der Waals surface area contributed by atoms with Crippen LogP contribution < -0.4 is 10.1 Å². The van der Waals surface area contributed by atoms with Gasteiger partial charge in [-0.3, -0.25) is 0 Å². The lowest BCUT2D eigenvalue weighted by molar-refractivity contribution is 0.398. The molecule has 0 radical (unpaired) electrons. The highest BCUT2D eigenvalue weighted by Crippen LogP contribution is 2.36. The van der Waals surface area contributed by atoms with Crippen LogP contribution in [0.15, 0.2) is 30.5 Å². The minimum absolute atomic E-state index is 0.0348. The van der Waals surface area contributed by atoms with Gasteiger partial charge in [0.15, 0.2) is 0 Å². The summed E-state index contributed by atoms with van der Waals surface area (Å²) in [6, 6.07) is 7.22. The number of rotatable bonds is 4. The van der Waals surface area contributed by atoms with Crippen LogP contribution in [0.2, 0.25) is 15.1 Å². The van der Waals surface area contributed by atoms with Crippen molar-refractivity contribution in [2.75, 3.05) is 12.4 Å². The predicted octanol–water partition coefficient (Wildman–Crippen LogP) is 5.22. The number of methoxy groups -OCH3 is 1. The number of ether oxygens (including phenoxy) is 1. The zero-order valence-electron chi connectivity index (χ0n) is 11.0. The first-order chi connectivity index (χ1) is 9.52. The number of pyridine rings is 1. The maximum Gasteiger partial charge on any atom is 0.213 e. The number of halogens is 3. The molecule has 0 bridgehead atoms. The largest absolute Gasteiger partial charge is 0.481 e. The molecule has 0 fully saturated rings. The molecule has 106 valence electrons. The summed E-state index contributed by atoms with van der Waals surface area (Å²) in [6.07, 6.45) is 1.70. The normalized spacial score (nSPS) is 12.1. The van der Waals surface area contributed by atoms with E-state index in [1.54, 1.807) is 25.4 Å². The highest BCUT2D eigenvalue weighted by atomic mass is 35.5. The smallest absolute Gasteiger partial charge is 0.213 e. The summed E-state index contributed by atoms with van der Waals surface area (Å²) in [5.41, 5.74) is 1.73. The first kappa shape index (κ1) is 15.2. The molecule has 1 aromatic carbocycles. The third-order valence-electron chi connectivity index (χ3n) is 2.86. The summed E-state index contributed by atoms with van der Waals surface area (Å²) in [5, 5.41) is 4.56. The molecule has 1 heterocycles. The van der Waals surface area contributed by atoms with E-state index in [4.69, 9.17) is 39.5 Å². The standard InChI is InChI=1S/C14H13Cl3N2O/c1-8(10-4-5-11(15)14(17)13(10)16)19-9-3-6-12(20-2)18-7-9/h3-8,19H,1-2H3. The summed E-state index contributed by atoms with van der Waals surface area (Å²) in [6.45, 7) is 1.98. The van der Waals surface area contributed by atoms with Gasteiger partial charge in [0.25, 0.3) is 0 Å². The molecular weight excluding hydrogens is 319 g/mol. The van der Waals surface area contributed by atoms with Crippen LogP contribution in [0, 0.1) is 0 Å². The average Bonchev–Trinajstić information content (AvgIpc) is 2.45. The fraction of sp³-hybridized carbons (Fsp3) is 0.214. The van der Waals surface area contributed by atoms with Crippen molar-refractivity contribution in [3.05, 3.63) is 51.1 Å². The van der Waals surface area contributed by atoms with E-state index < -0.39 is 0 Å². The molecule has 0 aliphatic carbocycles. The molecule has 0 amide bonds. The fourth-order valence-corrected chi connectivity index (χ4v) is 2.50. The molecule has 0 saturated heterocycles. The molecule has 1 unspecified atom stereocenters. The van der Waals surface area contributed by atoms with Crippen LogP contribution in [0.5, 0.6) is 5.88 Å². The number of nitrogens with zero attached hydrogens (tertiary/aromatic N) is 1. The maximum absolute atomic E-state index is 6.22. The zero-order chi connectivity index (χ0) is 14.7. The molecule has 20 heavy (non-hydrogen) atoms. The van der Waals surface area contributed by atoms with Gasteiger partial charge in [-0.2, -0.15) is 0 Å². The summed E-state index contributed by atoms with van der Waals surface area (Å²) in [4.78, 5) is 4.13. The summed E-state index contributed by atoms with van der Waals surface area (Å²) in [5.74, 6) is 0.566. The van der Waals surface area contributed by atoms with E-state index in [1.165, 1.54) is 0 Å². The molecular formula is C14H13Cl3N2O. The van der Waals surface area contributed by atoms with E-state index in [0.717, 1.165) is 11.3 Å². The van der Waals surface area contributed by atoms with Gasteiger partial charge in [0, 0.05) is 6.07 Å². The summed E-state index contributed by atoms with van der Waals surface area (Å²) in [7, 11) is 1.58. The van der Waals surface area contributed by atoms with Gasteiger partial charge in [0.2, 0.25) is 5.88 Å². The molecule has 0 spiro atoms. The molecule has 0 aliphatic rings. The molecule has 1 aromatic heterocycles. The van der Waals surface area contributed by atoms with Crippen LogP contribution in [0.4, 0.5) is 5.69 Å². The predicted molar refractivity (Wildman–Crippen MR) is 84.3 cm³/mol. The van der Waals surface area contributed by atoms with Crippen molar-refractivity contribution in [2.45, 2.75) is 13.0 Å². The van der Waals surface area contributed by atoms with Gasteiger partial charge in [-0.05, 0) is 24.6 Å². The Hall–Kier alpha value is -1.16. The van der Waals surface area contributed by atoms with E-state index in [-0.39, 0.29) is 6.04 Å². The number of aromatic nitrogens is 1. The SMILES string of the molecule is COc1ccc(NC(C)c2ccc(Cl)c(Cl)c2Cl)cn1. The molecule has 0 aliphatic heterocycles. The lowest BCUT2D eigenvalue weighted by atomic mass is 10.1. The minimum Gasteiger partial charge on any atom is -0.481 e. The molecule has 1 N–H and O–H groups in total. The Bertz CT molecular complexity index is 602. The van der Waals surface area contributed by atoms with Gasteiger partial charge in [0.05, 0.1) is 40.1 Å². The number of hydrogen-bond donors (Lipinski definition) is 1. The highest BCUT2D eigenvalue weighted by molar-refractivity contribution is 6.48. The molecule has 2 aromatic rings. The van der Waals surface area contributed by atoms with Crippen LogP contribution in [0.1, 0.15) is 18.5 Å². The topological polar surface area (TPSA) is 34.1 Å². The maximum atomic E-state index is 6.22. The number of hydrogen-bond acceptors (Lipinski definition) is 3. The van der Waals surface area contributed by atoms with Gasteiger partial charge in [-0.15, -0.1) is 0 Å². The summed E-state index contributed by atoms with van der Waals surface area (Å²) < 4.78 is 5.01. The van der Waals surface area contributed by atoms with E-state index in [0.29, 0.717) is 20.9 Å². The zero-order valence-corrected chi connectivity index (χ0v) is 13.2. The number of nitrogens with one attached hydrogen (secondary N) is 1. The van der Waals surface area contributed by atoms with Gasteiger partial charge in [0.1, 0.15) is 0 Å². The Morgan fingerprint density at radius 1 is 1.10 bits per heavy atom. The van der Waals surface area contributed by atoms with Crippen molar-refractivity contribution < 1.29 is 4.74 Å². The Morgan fingerprint density at radius 3 is 2.45 bits per heavy atom. The van der Waals surface area contributed by atoms with Crippen LogP contribution in [-0.2, 0) is 0 Å². The van der Waals surface area contributed by atoms with E-state index >= 15 is 0 Å². The van der Waals surface area contributed by atoms with Crippen molar-refractivity contribution in [2.24, 2.45) is 0 Å². The molecule has 1 atom stereocenters. The van der Waals surface area contributed by atoms with Crippen molar-refractivity contribution in [3.8, 4) is 5.88 Å². The van der Waals surface area contributed by atoms with Crippen molar-refractivity contribution >= 4 is 40.5 Å². The second kappa shape index (κ2) is 6.53. The Labute approximate surface area is 132 Å². The van der Waals surface area contributed by atoms with E-state index in [9.17, 15) is 0 Å². The van der Waals surface area contributed by atoms with Crippen molar-refractivity contribution in [1.82, 2.24) is 4.98 Å². The Kier molecular flexibility index (Phi) is 4.97. The van der Waals surface area contributed by atoms with Crippen molar-refractivity contribution in [3.63, 3.8) is 0 Å². The van der Waals surface area contributed by atoms with Gasteiger partial charge >= 0.3 is 0 Å². The highest BCUT2D eigenvalue weighted by Gasteiger charge is 2.14. The van der Waals surface area contributed by atoms with Crippen LogP contribution >= 0.6 is 34.8 Å². The lowest BCUT2D eigenvalue weighted by Crippen LogP contribution is -2.07. The van der Waals surface area contributed by atoms with Crippen LogP contribution in [-0.4, -0.2) is 12.1 Å². The Morgan fingerprint density at radius 2 is 1.85 bits per heavy atom. The quantitative estimate of drug-likeness (QED) is 0.780. The first-order valence-electron chi connectivity index (χ1n) is 5.93. The molecule has 3 nitrogen and oxygen atoms in total. The van der Waals surface area contributed by atoms with E-state index in [2.05, 4.69) is 10.3 Å².